The van der Waals surface area contributed by atoms with Crippen molar-refractivity contribution in [1.29, 1.82) is 0 Å². The summed E-state index contributed by atoms with van der Waals surface area (Å²) in [5, 5.41) is 0. The van der Waals surface area contributed by atoms with Gasteiger partial charge in [-0.15, -0.1) is 0 Å². The van der Waals surface area contributed by atoms with Gasteiger partial charge in [0.25, 0.3) is 0 Å². The predicted octanol–water partition coefficient (Wildman–Crippen LogP) is 2.69. The zero-order chi connectivity index (χ0) is 11.0. The molecule has 0 aliphatic rings. The van der Waals surface area contributed by atoms with Gasteiger partial charge < -0.3 is 5.73 Å². The highest BCUT2D eigenvalue weighted by Gasteiger charge is 2.06. The predicted molar refractivity (Wildman–Crippen MR) is 60.0 cm³/mol. The molecule has 0 spiro atoms. The van der Waals surface area contributed by atoms with E-state index >= 15 is 0 Å². The number of primary amides is 1. The van der Waals surface area contributed by atoms with Crippen molar-refractivity contribution in [2.45, 2.75) is 33.1 Å². The molecule has 14 heavy (non-hydrogen) atoms. The van der Waals surface area contributed by atoms with Crippen LogP contribution in [0, 0.1) is 0 Å². The molecule has 1 rings (SSSR count). The van der Waals surface area contributed by atoms with E-state index in [2.05, 4.69) is 0 Å². The van der Waals surface area contributed by atoms with Crippen LogP contribution in [0.4, 0.5) is 0 Å². The summed E-state index contributed by atoms with van der Waals surface area (Å²) in [7, 11) is 0. The molecule has 0 radical (unpaired) electrons. The Balaban J connectivity index is 0.000000791. The Labute approximate surface area is 86.1 Å². The van der Waals surface area contributed by atoms with Crippen LogP contribution in [0.5, 0.6) is 0 Å². The monoisotopic (exact) mass is 193 g/mol. The summed E-state index contributed by atoms with van der Waals surface area (Å²) < 4.78 is 0. The van der Waals surface area contributed by atoms with Crippen LogP contribution in [0.2, 0.25) is 0 Å². The van der Waals surface area contributed by atoms with Crippen molar-refractivity contribution in [2.24, 2.45) is 5.73 Å². The van der Waals surface area contributed by atoms with Gasteiger partial charge >= 0.3 is 0 Å². The van der Waals surface area contributed by atoms with Crippen LogP contribution in [0.3, 0.4) is 0 Å². The van der Waals surface area contributed by atoms with Gasteiger partial charge in [-0.2, -0.15) is 0 Å². The van der Waals surface area contributed by atoms with Crippen molar-refractivity contribution < 1.29 is 4.79 Å². The molecular formula is C12H19NO. The highest BCUT2D eigenvalue weighted by molar-refractivity contribution is 5.74. The van der Waals surface area contributed by atoms with Crippen molar-refractivity contribution in [3.05, 3.63) is 35.9 Å². The lowest BCUT2D eigenvalue weighted by Gasteiger charge is -2.08. The number of amides is 1. The second kappa shape index (κ2) is 7.13. The Morgan fingerprint density at radius 1 is 1.29 bits per heavy atom. The molecule has 0 heterocycles. The van der Waals surface area contributed by atoms with Crippen LogP contribution in [0.1, 0.15) is 38.7 Å². The zero-order valence-corrected chi connectivity index (χ0v) is 9.16. The number of nitrogens with two attached hydrogens (primary N) is 1. The van der Waals surface area contributed by atoms with Gasteiger partial charge in [0.1, 0.15) is 0 Å². The number of hydrogen-bond donors (Lipinski definition) is 1. The summed E-state index contributed by atoms with van der Waals surface area (Å²) in [6, 6.07) is 9.90. The van der Waals surface area contributed by atoms with Crippen LogP contribution in [0.25, 0.3) is 0 Å². The van der Waals surface area contributed by atoms with E-state index in [1.807, 2.05) is 51.1 Å². The molecule has 0 saturated carbocycles. The van der Waals surface area contributed by atoms with Crippen molar-refractivity contribution in [3.63, 3.8) is 0 Å². The maximum absolute atomic E-state index is 10.6. The van der Waals surface area contributed by atoms with Gasteiger partial charge in [0.15, 0.2) is 0 Å². The molecule has 2 N–H and O–H groups in total. The molecule has 0 aliphatic heterocycles. The first kappa shape index (κ1) is 12.7. The summed E-state index contributed by atoms with van der Waals surface area (Å²) in [6.45, 7) is 6.00. The van der Waals surface area contributed by atoms with Crippen LogP contribution >= 0.6 is 0 Å². The van der Waals surface area contributed by atoms with Crippen LogP contribution in [0.15, 0.2) is 30.3 Å². The number of carbonyl (C=O) groups excluding carboxylic acids is 1. The highest BCUT2D eigenvalue weighted by Crippen LogP contribution is 2.17. The fourth-order valence-electron chi connectivity index (χ4n) is 1.20. The summed E-state index contributed by atoms with van der Waals surface area (Å²) >= 11 is 0. The SMILES string of the molecule is CC.C[C@H](CC(N)=O)c1ccccc1. The van der Waals surface area contributed by atoms with Crippen molar-refractivity contribution >= 4 is 5.91 Å². The van der Waals surface area contributed by atoms with Crippen molar-refractivity contribution in [2.75, 3.05) is 0 Å². The molecular weight excluding hydrogens is 174 g/mol. The third-order valence-corrected chi connectivity index (χ3v) is 1.88. The first-order valence-electron chi connectivity index (χ1n) is 5.03. The molecule has 1 aromatic carbocycles. The van der Waals surface area contributed by atoms with Gasteiger partial charge in [0.2, 0.25) is 5.91 Å². The summed E-state index contributed by atoms with van der Waals surface area (Å²) in [5.74, 6) is -0.0185. The zero-order valence-electron chi connectivity index (χ0n) is 9.16. The number of benzene rings is 1. The lowest BCUT2D eigenvalue weighted by atomic mass is 9.98. The van der Waals surface area contributed by atoms with Crippen LogP contribution in [-0.2, 0) is 4.79 Å². The molecule has 1 atom stereocenters. The Morgan fingerprint density at radius 3 is 2.21 bits per heavy atom. The second-order valence-corrected chi connectivity index (χ2v) is 2.98. The van der Waals surface area contributed by atoms with Crippen LogP contribution < -0.4 is 5.73 Å². The van der Waals surface area contributed by atoms with E-state index < -0.39 is 0 Å². The maximum atomic E-state index is 10.6. The lowest BCUT2D eigenvalue weighted by Crippen LogP contribution is -2.13. The maximum Gasteiger partial charge on any atom is 0.218 e. The Morgan fingerprint density at radius 2 is 1.79 bits per heavy atom. The Hall–Kier alpha value is -1.31. The van der Waals surface area contributed by atoms with Gasteiger partial charge in [-0.05, 0) is 11.5 Å². The Kier molecular flexibility index (Phi) is 6.46. The van der Waals surface area contributed by atoms with Gasteiger partial charge in [-0.3, -0.25) is 4.79 Å². The first-order valence-corrected chi connectivity index (χ1v) is 5.03. The van der Waals surface area contributed by atoms with Gasteiger partial charge in [0.05, 0.1) is 0 Å². The van der Waals surface area contributed by atoms with E-state index in [-0.39, 0.29) is 11.8 Å². The third-order valence-electron chi connectivity index (χ3n) is 1.88. The topological polar surface area (TPSA) is 43.1 Å². The number of carbonyl (C=O) groups is 1. The minimum atomic E-state index is -0.244. The fraction of sp³-hybridized carbons (Fsp3) is 0.417. The average Bonchev–Trinajstić information content (AvgIpc) is 2.21. The molecule has 2 nitrogen and oxygen atoms in total. The fourth-order valence-corrected chi connectivity index (χ4v) is 1.20. The molecule has 2 heteroatoms. The van der Waals surface area contributed by atoms with Crippen LogP contribution in [-0.4, -0.2) is 5.91 Å². The molecule has 0 bridgehead atoms. The minimum absolute atomic E-state index is 0.226. The van der Waals surface area contributed by atoms with E-state index in [1.165, 1.54) is 0 Å². The normalized spacial score (nSPS) is 11.1. The lowest BCUT2D eigenvalue weighted by molar-refractivity contribution is -0.118. The summed E-state index contributed by atoms with van der Waals surface area (Å²) in [6.07, 6.45) is 0.421. The molecule has 0 saturated heterocycles. The van der Waals surface area contributed by atoms with E-state index in [0.29, 0.717) is 6.42 Å². The third kappa shape index (κ3) is 4.65. The van der Waals surface area contributed by atoms with Gasteiger partial charge in [-0.25, -0.2) is 0 Å². The van der Waals surface area contributed by atoms with Crippen molar-refractivity contribution in [3.8, 4) is 0 Å². The van der Waals surface area contributed by atoms with Gasteiger partial charge in [-0.1, -0.05) is 51.1 Å². The molecule has 1 amide bonds. The average molecular weight is 193 g/mol. The molecule has 0 aromatic heterocycles. The number of hydrogen-bond acceptors (Lipinski definition) is 1. The second-order valence-electron chi connectivity index (χ2n) is 2.98. The number of rotatable bonds is 3. The van der Waals surface area contributed by atoms with E-state index in [4.69, 9.17) is 5.73 Å². The Bertz CT molecular complexity index is 256. The van der Waals surface area contributed by atoms with Gasteiger partial charge in [0, 0.05) is 6.42 Å². The largest absolute Gasteiger partial charge is 0.370 e. The van der Waals surface area contributed by atoms with E-state index in [0.717, 1.165) is 5.56 Å². The first-order chi connectivity index (χ1) is 6.70. The van der Waals surface area contributed by atoms with E-state index in [9.17, 15) is 4.79 Å². The molecule has 0 fully saturated rings. The standard InChI is InChI=1S/C10H13NO.C2H6/c1-8(7-10(11)12)9-5-3-2-4-6-9;1-2/h2-6,8H,7H2,1H3,(H2,11,12);1-2H3/t8-;/m1./s1. The minimum Gasteiger partial charge on any atom is -0.370 e. The summed E-state index contributed by atoms with van der Waals surface area (Å²) in [5.41, 5.74) is 6.26. The summed E-state index contributed by atoms with van der Waals surface area (Å²) in [4.78, 5) is 10.6. The molecule has 1 aromatic rings. The molecule has 78 valence electrons. The molecule has 0 aliphatic carbocycles. The van der Waals surface area contributed by atoms with Crippen molar-refractivity contribution in [1.82, 2.24) is 0 Å². The quantitative estimate of drug-likeness (QED) is 0.788. The smallest absolute Gasteiger partial charge is 0.218 e. The van der Waals surface area contributed by atoms with E-state index in [1.54, 1.807) is 0 Å². The highest BCUT2D eigenvalue weighted by atomic mass is 16.1. The molecule has 0 unspecified atom stereocenters.